The van der Waals surface area contributed by atoms with Crippen LogP contribution in [0, 0.1) is 29.1 Å². The molecule has 0 atom stereocenters. The average Bonchev–Trinajstić information content (AvgIpc) is 3.37. The van der Waals surface area contributed by atoms with Crippen LogP contribution in [-0.4, -0.2) is 94.1 Å². The molecule has 3 N–H and O–H groups in total. The van der Waals surface area contributed by atoms with Crippen molar-refractivity contribution < 1.29 is 28.2 Å². The van der Waals surface area contributed by atoms with Gasteiger partial charge in [0.2, 0.25) is 5.91 Å². The molecular weight excluding hydrogens is 609 g/mol. The monoisotopic (exact) mass is 652 g/mol. The van der Waals surface area contributed by atoms with Crippen LogP contribution in [-0.2, 0) is 23.2 Å². The normalized spacial score (nSPS) is 14.2. The topological polar surface area (TPSA) is 118 Å². The van der Waals surface area contributed by atoms with Gasteiger partial charge in [0, 0.05) is 37.1 Å². The summed E-state index contributed by atoms with van der Waals surface area (Å²) >= 11 is 0. The Morgan fingerprint density at radius 1 is 1.11 bits per heavy atom. The fourth-order valence-electron chi connectivity index (χ4n) is 5.82. The highest BCUT2D eigenvalue weighted by Crippen LogP contribution is 2.28. The van der Waals surface area contributed by atoms with Gasteiger partial charge in [-0.3, -0.25) is 14.7 Å². The van der Waals surface area contributed by atoms with E-state index in [0.29, 0.717) is 54.4 Å². The number of nitriles is 1. The summed E-state index contributed by atoms with van der Waals surface area (Å²) in [5.74, 6) is 6.28. The van der Waals surface area contributed by atoms with E-state index in [1.165, 1.54) is 4.57 Å². The molecule has 0 aliphatic carbocycles. The Morgan fingerprint density at radius 2 is 1.83 bits per heavy atom. The van der Waals surface area contributed by atoms with Gasteiger partial charge in [0.25, 0.3) is 0 Å². The van der Waals surface area contributed by atoms with Crippen molar-refractivity contribution in [3.63, 3.8) is 0 Å². The molecule has 47 heavy (non-hydrogen) atoms. The van der Waals surface area contributed by atoms with E-state index in [2.05, 4.69) is 28.2 Å². The number of amides is 1. The standard InChI is InChI=1S/C35H43F3N6O3/c1-34(2,24-39)32-10-8-29(22-41-32)40-13-3-4-30-21-28-20-27(7-9-31(28)44(30)25-35(36,37)38)6-5-26-11-14-43(15-12-26)33(47)23-42(16-18-45)17-19-46/h7-10,20-22,26,40,45-46H,5-6,11-19,23,25H2,1-2H3. The minimum Gasteiger partial charge on any atom is -0.395 e. The third kappa shape index (κ3) is 10.2. The summed E-state index contributed by atoms with van der Waals surface area (Å²) in [4.78, 5) is 20.6. The second-order valence-corrected chi connectivity index (χ2v) is 12.5. The number of carbonyl (C=O) groups excluding carboxylic acids is 1. The third-order valence-corrected chi connectivity index (χ3v) is 8.58. The molecule has 252 valence electrons. The zero-order chi connectivity index (χ0) is 34.0. The molecule has 4 rings (SSSR count). The summed E-state index contributed by atoms with van der Waals surface area (Å²) in [6, 6.07) is 13.0. The number of carbonyl (C=O) groups is 1. The van der Waals surface area contributed by atoms with Crippen molar-refractivity contribution in [3.05, 3.63) is 59.5 Å². The number of nitrogens with zero attached hydrogens (tertiary/aromatic N) is 5. The van der Waals surface area contributed by atoms with Crippen molar-refractivity contribution in [1.29, 1.82) is 5.26 Å². The van der Waals surface area contributed by atoms with Crippen molar-refractivity contribution in [3.8, 4) is 17.9 Å². The Labute approximate surface area is 274 Å². The van der Waals surface area contributed by atoms with E-state index in [4.69, 9.17) is 0 Å². The summed E-state index contributed by atoms with van der Waals surface area (Å²) in [7, 11) is 0. The smallest absolute Gasteiger partial charge is 0.395 e. The van der Waals surface area contributed by atoms with Gasteiger partial charge in [0.15, 0.2) is 0 Å². The number of hydrogen-bond acceptors (Lipinski definition) is 7. The first-order valence-corrected chi connectivity index (χ1v) is 15.9. The van der Waals surface area contributed by atoms with Gasteiger partial charge in [0.05, 0.1) is 61.1 Å². The number of fused-ring (bicyclic) bond motifs is 1. The van der Waals surface area contributed by atoms with Crippen molar-refractivity contribution in [2.75, 3.05) is 57.8 Å². The number of piperidine rings is 1. The van der Waals surface area contributed by atoms with Gasteiger partial charge >= 0.3 is 6.18 Å². The van der Waals surface area contributed by atoms with Gasteiger partial charge in [-0.1, -0.05) is 12.0 Å². The first-order valence-electron chi connectivity index (χ1n) is 15.9. The van der Waals surface area contributed by atoms with Gasteiger partial charge < -0.3 is 25.0 Å². The molecule has 0 spiro atoms. The van der Waals surface area contributed by atoms with Crippen LogP contribution in [0.15, 0.2) is 42.6 Å². The lowest BCUT2D eigenvalue weighted by Gasteiger charge is -2.33. The molecule has 3 heterocycles. The summed E-state index contributed by atoms with van der Waals surface area (Å²) in [5, 5.41) is 31.5. The number of aliphatic hydroxyl groups excluding tert-OH is 2. The molecule has 1 aromatic carbocycles. The number of likely N-dealkylation sites (tertiary alicyclic amines) is 1. The molecule has 1 saturated heterocycles. The number of aromatic nitrogens is 2. The minimum atomic E-state index is -4.41. The van der Waals surface area contributed by atoms with Crippen LogP contribution in [0.5, 0.6) is 0 Å². The van der Waals surface area contributed by atoms with Gasteiger partial charge in [-0.25, -0.2) is 0 Å². The number of hydrogen-bond donors (Lipinski definition) is 3. The summed E-state index contributed by atoms with van der Waals surface area (Å²) < 4.78 is 41.8. The van der Waals surface area contributed by atoms with E-state index in [-0.39, 0.29) is 37.9 Å². The molecule has 0 unspecified atom stereocenters. The van der Waals surface area contributed by atoms with E-state index < -0.39 is 18.1 Å². The molecule has 1 amide bonds. The number of halogens is 3. The van der Waals surface area contributed by atoms with Crippen LogP contribution < -0.4 is 5.32 Å². The zero-order valence-corrected chi connectivity index (χ0v) is 27.0. The molecule has 0 radical (unpaired) electrons. The molecule has 12 heteroatoms. The number of alkyl halides is 3. The Hall–Kier alpha value is -4.10. The third-order valence-electron chi connectivity index (χ3n) is 8.58. The molecule has 2 aromatic heterocycles. The van der Waals surface area contributed by atoms with Gasteiger partial charge in [0.1, 0.15) is 6.54 Å². The van der Waals surface area contributed by atoms with Crippen molar-refractivity contribution in [1.82, 2.24) is 19.4 Å². The highest BCUT2D eigenvalue weighted by Gasteiger charge is 2.30. The maximum Gasteiger partial charge on any atom is 0.406 e. The molecule has 1 aliphatic heterocycles. The lowest BCUT2D eigenvalue weighted by atomic mass is 9.90. The predicted octanol–water partition coefficient (Wildman–Crippen LogP) is 4.32. The molecular formula is C35H43F3N6O3. The fourth-order valence-corrected chi connectivity index (χ4v) is 5.82. The lowest BCUT2D eigenvalue weighted by Crippen LogP contribution is -2.45. The Kier molecular flexibility index (Phi) is 12.3. The number of nitrogens with one attached hydrogen (secondary N) is 1. The van der Waals surface area contributed by atoms with Crippen LogP contribution in [0.2, 0.25) is 0 Å². The zero-order valence-electron chi connectivity index (χ0n) is 27.0. The summed E-state index contributed by atoms with van der Waals surface area (Å²) in [6.07, 6.45) is 0.651. The quantitative estimate of drug-likeness (QED) is 0.236. The second kappa shape index (κ2) is 16.1. The largest absolute Gasteiger partial charge is 0.406 e. The highest BCUT2D eigenvalue weighted by molar-refractivity contribution is 5.83. The van der Waals surface area contributed by atoms with E-state index in [9.17, 15) is 33.4 Å². The maximum absolute atomic E-state index is 13.5. The van der Waals surface area contributed by atoms with Crippen LogP contribution in [0.4, 0.5) is 18.9 Å². The van der Waals surface area contributed by atoms with Crippen molar-refractivity contribution in [2.24, 2.45) is 5.92 Å². The number of pyridine rings is 1. The maximum atomic E-state index is 13.5. The van der Waals surface area contributed by atoms with E-state index in [0.717, 1.165) is 31.2 Å². The van der Waals surface area contributed by atoms with Crippen molar-refractivity contribution >= 4 is 22.5 Å². The lowest BCUT2D eigenvalue weighted by molar-refractivity contribution is -0.140. The minimum absolute atomic E-state index is 0.000607. The second-order valence-electron chi connectivity index (χ2n) is 12.5. The van der Waals surface area contributed by atoms with E-state index in [1.54, 1.807) is 49.2 Å². The molecule has 1 aliphatic rings. The number of anilines is 1. The highest BCUT2D eigenvalue weighted by atomic mass is 19.4. The fraction of sp³-hybridized carbons (Fsp3) is 0.514. The average molecular weight is 653 g/mol. The van der Waals surface area contributed by atoms with Crippen molar-refractivity contribution in [2.45, 2.75) is 57.7 Å². The van der Waals surface area contributed by atoms with Crippen LogP contribution >= 0.6 is 0 Å². The molecule has 1 fully saturated rings. The van der Waals surface area contributed by atoms with Gasteiger partial charge in [-0.2, -0.15) is 18.4 Å². The van der Waals surface area contributed by atoms with E-state index >= 15 is 0 Å². The van der Waals surface area contributed by atoms with Crippen LogP contribution in [0.3, 0.4) is 0 Å². The van der Waals surface area contributed by atoms with E-state index in [1.807, 2.05) is 17.0 Å². The van der Waals surface area contributed by atoms with Crippen LogP contribution in [0.25, 0.3) is 10.9 Å². The number of rotatable bonds is 13. The first-order chi connectivity index (χ1) is 22.4. The number of benzene rings is 1. The SMILES string of the molecule is CC(C)(C#N)c1ccc(NCC#Cc2cc3cc(CCC4CCN(C(=O)CN(CCO)CCO)CC4)ccc3n2CC(F)(F)F)cn1. The Bertz CT molecular complexity index is 1590. The number of aryl methyl sites for hydroxylation is 1. The van der Waals surface area contributed by atoms with Gasteiger partial charge in [-0.05, 0) is 87.3 Å². The Balaban J connectivity index is 1.36. The molecule has 0 saturated carbocycles. The summed E-state index contributed by atoms with van der Waals surface area (Å²) in [5.41, 5.74) is 2.43. The Morgan fingerprint density at radius 3 is 2.45 bits per heavy atom. The summed E-state index contributed by atoms with van der Waals surface area (Å²) in [6.45, 7) is 4.67. The predicted molar refractivity (Wildman–Crippen MR) is 174 cm³/mol. The molecule has 3 aromatic rings. The number of aliphatic hydroxyl groups is 2. The van der Waals surface area contributed by atoms with Crippen LogP contribution in [0.1, 0.15) is 50.1 Å². The molecule has 9 nitrogen and oxygen atoms in total. The molecule has 0 bridgehead atoms. The first kappa shape index (κ1) is 35.7. The van der Waals surface area contributed by atoms with Gasteiger partial charge in [-0.15, -0.1) is 0 Å².